The number of nitrogens with zero attached hydrogens (tertiary/aromatic N) is 1. The van der Waals surface area contributed by atoms with Crippen molar-refractivity contribution in [3.05, 3.63) is 105 Å². The van der Waals surface area contributed by atoms with E-state index in [1.807, 2.05) is 73.0 Å². The highest BCUT2D eigenvalue weighted by Crippen LogP contribution is 2.39. The highest BCUT2D eigenvalue weighted by molar-refractivity contribution is 7.10. The first-order chi connectivity index (χ1) is 18.3. The Hall–Kier alpha value is -3.28. The number of allylic oxidation sites excluding steroid dienone is 2. The second-order valence-corrected chi connectivity index (χ2v) is 10.4. The molecule has 0 aliphatic rings. The molecule has 0 saturated carbocycles. The lowest BCUT2D eigenvalue weighted by molar-refractivity contribution is -0.107. The van der Waals surface area contributed by atoms with Gasteiger partial charge in [0.05, 0.1) is 5.02 Å². The molecule has 2 aromatic heterocycles. The first kappa shape index (κ1) is 32.7. The van der Waals surface area contributed by atoms with E-state index in [0.717, 1.165) is 29.6 Å². The van der Waals surface area contributed by atoms with Crippen LogP contribution in [-0.2, 0) is 11.2 Å². The second kappa shape index (κ2) is 18.9. The number of aryl methyl sites for hydroxylation is 1. The van der Waals surface area contributed by atoms with Crippen LogP contribution in [-0.4, -0.2) is 22.6 Å². The second-order valence-electron chi connectivity index (χ2n) is 9.05. The minimum Gasteiger partial charge on any atom is -0.505 e. The molecule has 4 rings (SSSR count). The minimum atomic E-state index is 0.101. The molecule has 1 unspecified atom stereocenters. The van der Waals surface area contributed by atoms with Crippen LogP contribution in [0.1, 0.15) is 63.0 Å². The number of pyridine rings is 1. The summed E-state index contributed by atoms with van der Waals surface area (Å²) in [5, 5.41) is 20.3. The number of carbonyl (C=O) groups excluding carboxylic acids is 1. The number of thiophene rings is 1. The summed E-state index contributed by atoms with van der Waals surface area (Å²) < 4.78 is 0. The largest absolute Gasteiger partial charge is 0.505 e. The van der Waals surface area contributed by atoms with Gasteiger partial charge in [-0.3, -0.25) is 4.98 Å². The number of aldehydes is 1. The van der Waals surface area contributed by atoms with E-state index in [-0.39, 0.29) is 11.7 Å². The summed E-state index contributed by atoms with van der Waals surface area (Å²) in [7, 11) is 0. The molecule has 0 aliphatic heterocycles. The molecule has 4 nitrogen and oxygen atoms in total. The maximum absolute atomic E-state index is 10.4. The summed E-state index contributed by atoms with van der Waals surface area (Å²) in [5.41, 5.74) is 2.61. The van der Waals surface area contributed by atoms with Gasteiger partial charge in [-0.25, -0.2) is 0 Å². The van der Waals surface area contributed by atoms with E-state index in [0.29, 0.717) is 17.0 Å². The normalized spacial score (nSPS) is 10.9. The SMILES string of the molecule is C/C=C\C=N.CC(C)C.CC(c1cccs1)c1cc(Cl)c2cccnc2c1O.O=CCCc1ccccc1. The fourth-order valence-electron chi connectivity index (χ4n) is 3.19. The molecule has 0 spiro atoms. The van der Waals surface area contributed by atoms with Crippen LogP contribution in [0.5, 0.6) is 5.75 Å². The van der Waals surface area contributed by atoms with Crippen molar-refractivity contribution in [1.29, 1.82) is 5.41 Å². The number of halogens is 1. The van der Waals surface area contributed by atoms with Crippen LogP contribution in [0.4, 0.5) is 0 Å². The van der Waals surface area contributed by atoms with Gasteiger partial charge in [-0.1, -0.05) is 81.8 Å². The third-order valence-electron chi connectivity index (χ3n) is 4.96. The Morgan fingerprint density at radius 3 is 2.26 bits per heavy atom. The Bertz CT molecular complexity index is 1240. The Morgan fingerprint density at radius 1 is 1.05 bits per heavy atom. The number of aromatic nitrogens is 1. The molecule has 38 heavy (non-hydrogen) atoms. The molecule has 202 valence electrons. The number of phenolic OH excluding ortho intramolecular Hbond substituents is 1. The van der Waals surface area contributed by atoms with E-state index < -0.39 is 0 Å². The number of benzene rings is 2. The fourth-order valence-corrected chi connectivity index (χ4v) is 4.27. The third-order valence-corrected chi connectivity index (χ3v) is 6.33. The summed E-state index contributed by atoms with van der Waals surface area (Å²) in [6.07, 6.45) is 8.84. The van der Waals surface area contributed by atoms with E-state index in [1.165, 1.54) is 16.7 Å². The molecule has 4 aromatic rings. The quantitative estimate of drug-likeness (QED) is 0.185. The van der Waals surface area contributed by atoms with Crippen molar-refractivity contribution in [2.45, 2.75) is 53.4 Å². The number of hydrogen-bond acceptors (Lipinski definition) is 5. The molecule has 0 aliphatic carbocycles. The zero-order valence-corrected chi connectivity index (χ0v) is 24.5. The predicted octanol–water partition coefficient (Wildman–Crippen LogP) is 9.50. The molecule has 0 saturated heterocycles. The first-order valence-corrected chi connectivity index (χ1v) is 13.9. The van der Waals surface area contributed by atoms with Gasteiger partial charge in [0, 0.05) is 40.6 Å². The third kappa shape index (κ3) is 11.8. The monoisotopic (exact) mass is 550 g/mol. The van der Waals surface area contributed by atoms with Gasteiger partial charge in [-0.2, -0.15) is 0 Å². The van der Waals surface area contributed by atoms with Crippen molar-refractivity contribution < 1.29 is 9.90 Å². The van der Waals surface area contributed by atoms with Gasteiger partial charge >= 0.3 is 0 Å². The van der Waals surface area contributed by atoms with Crippen LogP contribution in [0.3, 0.4) is 0 Å². The van der Waals surface area contributed by atoms with Crippen LogP contribution in [0, 0.1) is 11.3 Å². The zero-order chi connectivity index (χ0) is 28.3. The number of carbonyl (C=O) groups is 1. The van der Waals surface area contributed by atoms with Crippen molar-refractivity contribution >= 4 is 46.3 Å². The molecule has 0 radical (unpaired) electrons. The lowest BCUT2D eigenvalue weighted by Gasteiger charge is -2.14. The Balaban J connectivity index is 0.000000318. The van der Waals surface area contributed by atoms with Gasteiger partial charge in [0.1, 0.15) is 17.6 Å². The summed E-state index contributed by atoms with van der Waals surface area (Å²) >= 11 is 7.96. The molecule has 2 N–H and O–H groups in total. The molecule has 0 amide bonds. The number of aromatic hydroxyl groups is 1. The van der Waals surface area contributed by atoms with Gasteiger partial charge in [0.2, 0.25) is 0 Å². The number of phenols is 1. The molecule has 1 atom stereocenters. The molecular formula is C32H39ClN2O2S. The molecule has 2 heterocycles. The summed E-state index contributed by atoms with van der Waals surface area (Å²) in [6.45, 7) is 10.4. The van der Waals surface area contributed by atoms with Crippen molar-refractivity contribution in [2.75, 3.05) is 0 Å². The Morgan fingerprint density at radius 2 is 1.74 bits per heavy atom. The van der Waals surface area contributed by atoms with Crippen LogP contribution < -0.4 is 0 Å². The van der Waals surface area contributed by atoms with Gasteiger partial charge in [-0.05, 0) is 60.5 Å². The first-order valence-electron chi connectivity index (χ1n) is 12.6. The highest BCUT2D eigenvalue weighted by Gasteiger charge is 2.18. The van der Waals surface area contributed by atoms with E-state index in [4.69, 9.17) is 17.0 Å². The van der Waals surface area contributed by atoms with Gasteiger partial charge in [-0.15, -0.1) is 11.3 Å². The van der Waals surface area contributed by atoms with E-state index in [2.05, 4.69) is 38.7 Å². The van der Waals surface area contributed by atoms with Crippen LogP contribution in [0.2, 0.25) is 5.02 Å². The minimum absolute atomic E-state index is 0.101. The fraction of sp³-hybridized carbons (Fsp3) is 0.281. The van der Waals surface area contributed by atoms with Crippen molar-refractivity contribution in [1.82, 2.24) is 4.98 Å². The average molecular weight is 551 g/mol. The van der Waals surface area contributed by atoms with Gasteiger partial charge in [0.15, 0.2) is 0 Å². The predicted molar refractivity (Wildman–Crippen MR) is 165 cm³/mol. The number of fused-ring (bicyclic) bond motifs is 1. The van der Waals surface area contributed by atoms with E-state index in [1.54, 1.807) is 23.6 Å². The smallest absolute Gasteiger partial charge is 0.145 e. The maximum atomic E-state index is 10.4. The summed E-state index contributed by atoms with van der Waals surface area (Å²) in [4.78, 5) is 15.4. The number of nitrogens with one attached hydrogen (secondary N) is 1. The lowest BCUT2D eigenvalue weighted by Crippen LogP contribution is -1.95. The molecule has 0 fully saturated rings. The van der Waals surface area contributed by atoms with Gasteiger partial charge < -0.3 is 15.3 Å². The van der Waals surface area contributed by atoms with Crippen LogP contribution in [0.25, 0.3) is 10.9 Å². The average Bonchev–Trinajstić information content (AvgIpc) is 3.46. The maximum Gasteiger partial charge on any atom is 0.145 e. The Kier molecular flexibility index (Phi) is 16.3. The molecule has 6 heteroatoms. The molecular weight excluding hydrogens is 512 g/mol. The summed E-state index contributed by atoms with van der Waals surface area (Å²) in [6, 6.07) is 19.6. The molecule has 2 aromatic carbocycles. The number of hydrogen-bond donors (Lipinski definition) is 2. The zero-order valence-electron chi connectivity index (χ0n) is 22.9. The topological polar surface area (TPSA) is 74.0 Å². The van der Waals surface area contributed by atoms with Gasteiger partial charge in [0.25, 0.3) is 0 Å². The Labute approximate surface area is 236 Å². The standard InChI is InChI=1S/C15H12ClNOS.C9H10O.C4H7N.C4H10/c1-9(13-5-3-7-19-13)11-8-12(16)10-4-2-6-17-14(10)15(11)18;10-8-4-7-9-5-2-1-3-6-9;1-2-3-4-5;1-4(2)3/h2-9,18H,1H3;1-3,5-6,8H,4,7H2;2-5H,1H3;4H,1-3H3/b;;3-2-,5-4?;. The van der Waals surface area contributed by atoms with Crippen molar-refractivity contribution in [2.24, 2.45) is 5.92 Å². The lowest BCUT2D eigenvalue weighted by atomic mass is 9.97. The van der Waals surface area contributed by atoms with E-state index in [9.17, 15) is 9.90 Å². The van der Waals surface area contributed by atoms with Crippen LogP contribution >= 0.6 is 22.9 Å². The van der Waals surface area contributed by atoms with Crippen molar-refractivity contribution in [3.8, 4) is 5.75 Å². The van der Waals surface area contributed by atoms with Crippen molar-refractivity contribution in [3.63, 3.8) is 0 Å². The highest BCUT2D eigenvalue weighted by atomic mass is 35.5. The summed E-state index contributed by atoms with van der Waals surface area (Å²) in [5.74, 6) is 1.16. The van der Waals surface area contributed by atoms with E-state index >= 15 is 0 Å². The molecule has 0 bridgehead atoms. The van der Waals surface area contributed by atoms with Crippen LogP contribution in [0.15, 0.2) is 84.4 Å². The number of rotatable bonds is 6.